The molecule has 0 unspecified atom stereocenters. The van der Waals surface area contributed by atoms with Gasteiger partial charge in [0.1, 0.15) is 12.2 Å². The van der Waals surface area contributed by atoms with Crippen molar-refractivity contribution in [3.63, 3.8) is 0 Å². The van der Waals surface area contributed by atoms with Crippen LogP contribution in [0.5, 0.6) is 0 Å². The molecule has 0 radical (unpaired) electrons. The van der Waals surface area contributed by atoms with Crippen molar-refractivity contribution in [3.05, 3.63) is 39.3 Å². The van der Waals surface area contributed by atoms with Crippen molar-refractivity contribution in [2.24, 2.45) is 0 Å². The van der Waals surface area contributed by atoms with E-state index in [1.165, 1.54) is 16.9 Å². The fraction of sp³-hybridized carbons (Fsp3) is 0.562. The Morgan fingerprint density at radius 2 is 2.17 bits per heavy atom. The zero-order valence-corrected chi connectivity index (χ0v) is 13.8. The second-order valence-corrected chi connectivity index (χ2v) is 7.36. The minimum Gasteiger partial charge on any atom is -0.363 e. The predicted molar refractivity (Wildman–Crippen MR) is 83.7 cm³/mol. The number of aryl methyl sites for hydroxylation is 1. The summed E-state index contributed by atoms with van der Waals surface area (Å²) >= 11 is 1.40. The van der Waals surface area contributed by atoms with Gasteiger partial charge in [-0.3, -0.25) is 10.00 Å². The number of thiophene rings is 1. The van der Waals surface area contributed by atoms with Gasteiger partial charge in [0.2, 0.25) is 0 Å². The van der Waals surface area contributed by atoms with E-state index in [0.29, 0.717) is 0 Å². The van der Waals surface area contributed by atoms with Crippen LogP contribution >= 0.6 is 11.3 Å². The molecule has 7 heteroatoms. The third kappa shape index (κ3) is 2.51. The number of aromatic amines is 1. The molecule has 23 heavy (non-hydrogen) atoms. The maximum atomic E-state index is 14.0. The van der Waals surface area contributed by atoms with E-state index in [4.69, 9.17) is 4.74 Å². The van der Waals surface area contributed by atoms with Crippen LogP contribution in [0.3, 0.4) is 0 Å². The Morgan fingerprint density at radius 3 is 2.87 bits per heavy atom. The highest BCUT2D eigenvalue weighted by Crippen LogP contribution is 2.50. The van der Waals surface area contributed by atoms with Gasteiger partial charge in [0.15, 0.2) is 0 Å². The molecule has 1 saturated heterocycles. The molecule has 0 aromatic carbocycles. The van der Waals surface area contributed by atoms with Crippen molar-refractivity contribution in [2.45, 2.75) is 37.8 Å². The van der Waals surface area contributed by atoms with Crippen molar-refractivity contribution >= 4 is 11.3 Å². The van der Waals surface area contributed by atoms with Crippen molar-refractivity contribution in [3.8, 4) is 0 Å². The molecule has 2 aliphatic heterocycles. The average Bonchev–Trinajstić information content (AvgIpc) is 3.17. The molecule has 0 saturated carbocycles. The summed E-state index contributed by atoms with van der Waals surface area (Å²) in [7, 11) is 0. The summed E-state index contributed by atoms with van der Waals surface area (Å²) < 4.78 is 33.7. The van der Waals surface area contributed by atoms with Crippen LogP contribution in [0.15, 0.2) is 17.6 Å². The highest BCUT2D eigenvalue weighted by molar-refractivity contribution is 7.10. The summed E-state index contributed by atoms with van der Waals surface area (Å²) in [5.41, 5.74) is 1.92. The number of H-pyrrole nitrogens is 1. The summed E-state index contributed by atoms with van der Waals surface area (Å²) in [6.07, 6.45) is 3.37. The van der Waals surface area contributed by atoms with E-state index < -0.39 is 18.1 Å². The fourth-order valence-electron chi connectivity index (χ4n) is 3.54. The van der Waals surface area contributed by atoms with E-state index in [1.54, 1.807) is 11.4 Å². The van der Waals surface area contributed by atoms with Crippen molar-refractivity contribution in [1.29, 1.82) is 0 Å². The predicted octanol–water partition coefficient (Wildman–Crippen LogP) is 3.39. The smallest absolute Gasteiger partial charge is 0.297 e. The average molecular weight is 339 g/mol. The molecule has 4 heterocycles. The molecule has 0 amide bonds. The van der Waals surface area contributed by atoms with Crippen LogP contribution in [0.2, 0.25) is 0 Å². The molecule has 0 bridgehead atoms. The van der Waals surface area contributed by atoms with Gasteiger partial charge in [-0.15, -0.1) is 11.3 Å². The van der Waals surface area contributed by atoms with Gasteiger partial charge in [-0.05, 0) is 31.2 Å². The normalized spacial score (nSPS) is 23.1. The van der Waals surface area contributed by atoms with Crippen LogP contribution in [-0.4, -0.2) is 34.8 Å². The van der Waals surface area contributed by atoms with Gasteiger partial charge in [0.25, 0.3) is 5.92 Å². The first-order valence-corrected chi connectivity index (χ1v) is 8.70. The topological polar surface area (TPSA) is 41.2 Å². The molecule has 124 valence electrons. The first kappa shape index (κ1) is 15.2. The summed E-state index contributed by atoms with van der Waals surface area (Å²) in [5, 5.41) is 8.76. The van der Waals surface area contributed by atoms with E-state index >= 15 is 0 Å². The summed E-state index contributed by atoms with van der Waals surface area (Å²) in [5.74, 6) is -2.86. The molecule has 1 spiro atoms. The van der Waals surface area contributed by atoms with Crippen LogP contribution < -0.4 is 0 Å². The van der Waals surface area contributed by atoms with E-state index in [2.05, 4.69) is 15.1 Å². The van der Waals surface area contributed by atoms with Gasteiger partial charge in [0, 0.05) is 41.3 Å². The van der Waals surface area contributed by atoms with Crippen molar-refractivity contribution in [2.75, 3.05) is 19.7 Å². The largest absolute Gasteiger partial charge is 0.363 e. The van der Waals surface area contributed by atoms with Crippen LogP contribution in [0.25, 0.3) is 0 Å². The number of hydrogen-bond donors (Lipinski definition) is 1. The number of likely N-dealkylation sites (tertiary alicyclic amines) is 1. The Bertz CT molecular complexity index is 704. The second kappa shape index (κ2) is 5.36. The lowest BCUT2D eigenvalue weighted by molar-refractivity contribution is -0.182. The number of halogens is 2. The van der Waals surface area contributed by atoms with E-state index in [-0.39, 0.29) is 5.56 Å². The van der Waals surface area contributed by atoms with Crippen LogP contribution in [0.1, 0.15) is 34.5 Å². The summed E-state index contributed by atoms with van der Waals surface area (Å²) in [4.78, 5) is 3.07. The van der Waals surface area contributed by atoms with Gasteiger partial charge in [0.05, 0.1) is 6.20 Å². The number of fused-ring (bicyclic) bond motifs is 2. The minimum atomic E-state index is -2.86. The number of alkyl halides is 2. The number of nitrogens with zero attached hydrogens (tertiary/aromatic N) is 2. The fourth-order valence-corrected chi connectivity index (χ4v) is 4.70. The Kier molecular flexibility index (Phi) is 3.55. The first-order chi connectivity index (χ1) is 11.0. The summed E-state index contributed by atoms with van der Waals surface area (Å²) in [6, 6.07) is 1.56. The molecular formula is C16H19F2N3OS. The Morgan fingerprint density at radius 1 is 1.39 bits per heavy atom. The molecule has 0 aliphatic carbocycles. The van der Waals surface area contributed by atoms with Gasteiger partial charge < -0.3 is 4.74 Å². The molecule has 4 rings (SSSR count). The van der Waals surface area contributed by atoms with Gasteiger partial charge in [-0.2, -0.15) is 13.9 Å². The first-order valence-electron chi connectivity index (χ1n) is 7.82. The maximum Gasteiger partial charge on any atom is 0.297 e. The monoisotopic (exact) mass is 339 g/mol. The standard InChI is InChI=1S/C16H19F2N3OS/c1-11-12(8-19-20-11)9-21-5-3-15(4-6-21)14-13(2-7-23-14)16(17,18)10-22-15/h2,7-8H,3-6,9-10H2,1H3,(H,19,20). The molecule has 1 N–H and O–H groups in total. The van der Waals surface area contributed by atoms with Crippen LogP contribution in [0.4, 0.5) is 8.78 Å². The van der Waals surface area contributed by atoms with E-state index in [0.717, 1.165) is 43.0 Å². The number of nitrogens with one attached hydrogen (secondary N) is 1. The van der Waals surface area contributed by atoms with Crippen molar-refractivity contribution in [1.82, 2.24) is 15.1 Å². The van der Waals surface area contributed by atoms with E-state index in [9.17, 15) is 8.78 Å². The van der Waals surface area contributed by atoms with E-state index in [1.807, 2.05) is 13.1 Å². The molecule has 0 atom stereocenters. The lowest BCUT2D eigenvalue weighted by Gasteiger charge is -2.45. The zero-order chi connectivity index (χ0) is 16.1. The number of aromatic nitrogens is 2. The second-order valence-electron chi connectivity index (χ2n) is 6.45. The molecular weight excluding hydrogens is 320 g/mol. The maximum absolute atomic E-state index is 14.0. The molecule has 1 fully saturated rings. The van der Waals surface area contributed by atoms with Gasteiger partial charge in [-0.25, -0.2) is 0 Å². The zero-order valence-electron chi connectivity index (χ0n) is 12.9. The Hall–Kier alpha value is -1.31. The lowest BCUT2D eigenvalue weighted by Crippen LogP contribution is -2.48. The third-order valence-electron chi connectivity index (χ3n) is 4.99. The Balaban J connectivity index is 1.50. The lowest BCUT2D eigenvalue weighted by atomic mass is 9.84. The molecule has 2 aromatic heterocycles. The Labute approximate surface area is 137 Å². The molecule has 4 nitrogen and oxygen atoms in total. The third-order valence-corrected chi connectivity index (χ3v) is 6.09. The minimum absolute atomic E-state index is 0.174. The van der Waals surface area contributed by atoms with Crippen molar-refractivity contribution < 1.29 is 13.5 Å². The number of rotatable bonds is 2. The van der Waals surface area contributed by atoms with Gasteiger partial charge in [-0.1, -0.05) is 0 Å². The van der Waals surface area contributed by atoms with Crippen LogP contribution in [0, 0.1) is 6.92 Å². The number of piperidine rings is 1. The summed E-state index contributed by atoms with van der Waals surface area (Å²) in [6.45, 7) is 4.03. The molecule has 2 aliphatic rings. The number of hydrogen-bond acceptors (Lipinski definition) is 4. The SMILES string of the molecule is Cc1[nH]ncc1CN1CCC2(CC1)OCC(F)(F)c1ccsc12. The molecule has 2 aromatic rings. The quantitative estimate of drug-likeness (QED) is 0.912. The van der Waals surface area contributed by atoms with Gasteiger partial charge >= 0.3 is 0 Å². The highest BCUT2D eigenvalue weighted by Gasteiger charge is 2.50. The number of ether oxygens (including phenoxy) is 1. The highest BCUT2D eigenvalue weighted by atomic mass is 32.1. The van der Waals surface area contributed by atoms with Crippen LogP contribution in [-0.2, 0) is 22.8 Å².